The minimum Gasteiger partial charge on any atom is -0.206 e. The van der Waals surface area contributed by atoms with Crippen molar-refractivity contribution in [3.8, 4) is 0 Å². The normalized spacial score (nSPS) is 33.1. The fourth-order valence-corrected chi connectivity index (χ4v) is 7.37. The first-order valence-corrected chi connectivity index (χ1v) is 13.8. The molecule has 0 heterocycles. The van der Waals surface area contributed by atoms with Gasteiger partial charge >= 0.3 is 6.18 Å². The predicted octanol–water partition coefficient (Wildman–Crippen LogP) is 10.1. The zero-order valence-electron chi connectivity index (χ0n) is 20.6. The van der Waals surface area contributed by atoms with Gasteiger partial charge in [-0.3, -0.25) is 0 Å². The van der Waals surface area contributed by atoms with Gasteiger partial charge in [-0.25, -0.2) is 8.78 Å². The van der Waals surface area contributed by atoms with Gasteiger partial charge in [0.15, 0.2) is 0 Å². The van der Waals surface area contributed by atoms with Crippen LogP contribution in [-0.4, -0.2) is 0 Å². The lowest BCUT2D eigenvalue weighted by Gasteiger charge is -2.38. The molecular weight excluding hydrogens is 443 g/mol. The van der Waals surface area contributed by atoms with Gasteiger partial charge in [-0.15, -0.1) is 0 Å². The zero-order chi connectivity index (χ0) is 24.3. The van der Waals surface area contributed by atoms with Crippen molar-refractivity contribution in [1.29, 1.82) is 0 Å². The summed E-state index contributed by atoms with van der Waals surface area (Å²) in [5, 5.41) is 0. The van der Waals surface area contributed by atoms with Crippen LogP contribution in [0.2, 0.25) is 0 Å². The van der Waals surface area contributed by atoms with E-state index < -0.39 is 23.4 Å². The molecule has 1 aromatic rings. The predicted molar refractivity (Wildman–Crippen MR) is 126 cm³/mol. The Labute approximate surface area is 202 Å². The van der Waals surface area contributed by atoms with Crippen LogP contribution in [0.1, 0.15) is 120 Å². The van der Waals surface area contributed by atoms with Crippen molar-refractivity contribution in [3.63, 3.8) is 0 Å². The van der Waals surface area contributed by atoms with Crippen molar-refractivity contribution in [2.24, 2.45) is 29.6 Å². The molecule has 0 unspecified atom stereocenters. The first-order valence-electron chi connectivity index (χ1n) is 13.8. The Hall–Kier alpha value is -1.13. The van der Waals surface area contributed by atoms with Crippen molar-refractivity contribution in [2.45, 2.75) is 115 Å². The van der Waals surface area contributed by atoms with E-state index in [0.717, 1.165) is 61.5 Å². The third-order valence-corrected chi connectivity index (χ3v) is 9.68. The number of benzene rings is 1. The summed E-state index contributed by atoms with van der Waals surface area (Å²) in [4.78, 5) is 0. The van der Waals surface area contributed by atoms with E-state index in [2.05, 4.69) is 6.92 Å². The Kier molecular flexibility index (Phi) is 8.61. The van der Waals surface area contributed by atoms with Gasteiger partial charge in [-0.1, -0.05) is 51.9 Å². The average molecular weight is 485 g/mol. The molecule has 0 radical (unpaired) electrons. The van der Waals surface area contributed by atoms with Gasteiger partial charge in [0.2, 0.25) is 0 Å². The van der Waals surface area contributed by atoms with Gasteiger partial charge in [0.25, 0.3) is 0 Å². The lowest BCUT2D eigenvalue weighted by Crippen LogP contribution is -2.26. The van der Waals surface area contributed by atoms with E-state index in [0.29, 0.717) is 11.5 Å². The first kappa shape index (κ1) is 25.9. The van der Waals surface area contributed by atoms with E-state index in [9.17, 15) is 22.0 Å². The van der Waals surface area contributed by atoms with Crippen LogP contribution in [0.5, 0.6) is 0 Å². The van der Waals surface area contributed by atoms with Crippen LogP contribution in [0.25, 0.3) is 0 Å². The first-order chi connectivity index (χ1) is 16.2. The fraction of sp³-hybridized carbons (Fsp3) is 0.793. The highest BCUT2D eigenvalue weighted by Gasteiger charge is 2.38. The average Bonchev–Trinajstić information content (AvgIpc) is 2.82. The summed E-state index contributed by atoms with van der Waals surface area (Å²) in [6, 6.07) is 1.81. The zero-order valence-corrected chi connectivity index (χ0v) is 20.6. The van der Waals surface area contributed by atoms with Crippen molar-refractivity contribution in [1.82, 2.24) is 0 Å². The summed E-state index contributed by atoms with van der Waals surface area (Å²) < 4.78 is 66.5. The van der Waals surface area contributed by atoms with E-state index in [1.165, 1.54) is 70.6 Å². The molecule has 4 rings (SSSR count). The monoisotopic (exact) mass is 484 g/mol. The van der Waals surface area contributed by atoms with E-state index in [-0.39, 0.29) is 5.92 Å². The summed E-state index contributed by atoms with van der Waals surface area (Å²) in [7, 11) is 0. The van der Waals surface area contributed by atoms with Crippen LogP contribution in [0, 0.1) is 41.2 Å². The van der Waals surface area contributed by atoms with Crippen LogP contribution in [0.15, 0.2) is 12.1 Å². The Morgan fingerprint density at radius 3 is 1.47 bits per heavy atom. The molecule has 0 N–H and O–H groups in total. The molecule has 0 amide bonds. The molecule has 0 atom stereocenters. The van der Waals surface area contributed by atoms with Gasteiger partial charge in [0.1, 0.15) is 17.2 Å². The molecule has 1 aromatic carbocycles. The molecular formula is C29H41F5. The molecule has 0 aromatic heterocycles. The van der Waals surface area contributed by atoms with E-state index in [1.54, 1.807) is 0 Å². The largest absolute Gasteiger partial charge is 0.422 e. The Balaban J connectivity index is 1.18. The number of alkyl halides is 3. The Bertz CT molecular complexity index is 753. The maximum Gasteiger partial charge on any atom is 0.422 e. The van der Waals surface area contributed by atoms with Crippen LogP contribution in [-0.2, 0) is 6.18 Å². The van der Waals surface area contributed by atoms with Crippen molar-refractivity contribution in [3.05, 3.63) is 34.9 Å². The second kappa shape index (κ2) is 11.3. The minimum absolute atomic E-state index is 0.0410. The Morgan fingerprint density at radius 2 is 1.06 bits per heavy atom. The molecule has 5 heteroatoms. The van der Waals surface area contributed by atoms with Crippen LogP contribution in [0.4, 0.5) is 22.0 Å². The van der Waals surface area contributed by atoms with Crippen LogP contribution in [0.3, 0.4) is 0 Å². The van der Waals surface area contributed by atoms with Crippen LogP contribution < -0.4 is 0 Å². The maximum atomic E-state index is 14.0. The fourth-order valence-electron chi connectivity index (χ4n) is 7.37. The molecule has 0 nitrogen and oxygen atoms in total. The van der Waals surface area contributed by atoms with E-state index in [4.69, 9.17) is 0 Å². The summed E-state index contributed by atoms with van der Waals surface area (Å²) in [5.41, 5.74) is -1.39. The number of rotatable bonds is 6. The minimum atomic E-state index is -5.00. The lowest BCUT2D eigenvalue weighted by atomic mass is 9.68. The maximum absolute atomic E-state index is 14.0. The molecule has 0 aliphatic heterocycles. The van der Waals surface area contributed by atoms with Gasteiger partial charge < -0.3 is 0 Å². The van der Waals surface area contributed by atoms with Gasteiger partial charge in [0.05, 0.1) is 0 Å². The van der Waals surface area contributed by atoms with E-state index in [1.807, 2.05) is 0 Å². The molecule has 3 saturated carbocycles. The highest BCUT2D eigenvalue weighted by atomic mass is 19.4. The SMILES string of the molecule is CCC1CCC(C2CCC(CCC3CCC(c4cc(F)c(C(F)(F)F)c(F)c4)CC3)CC2)CC1. The van der Waals surface area contributed by atoms with Gasteiger partial charge in [-0.05, 0) is 105 Å². The molecule has 0 bridgehead atoms. The molecule has 3 aliphatic carbocycles. The quantitative estimate of drug-likeness (QED) is 0.352. The summed E-state index contributed by atoms with van der Waals surface area (Å²) in [6.45, 7) is 2.33. The number of hydrogen-bond donors (Lipinski definition) is 0. The molecule has 0 saturated heterocycles. The van der Waals surface area contributed by atoms with Gasteiger partial charge in [-0.2, -0.15) is 13.2 Å². The Morgan fingerprint density at radius 1 is 0.647 bits per heavy atom. The van der Waals surface area contributed by atoms with Crippen LogP contribution >= 0.6 is 0 Å². The standard InChI is InChI=1S/C29H41F5/c1-2-19-5-11-22(12-6-19)23-13-7-20(8-14-23)3-4-21-9-15-24(16-10-21)25-17-26(30)28(27(31)18-25)29(32,33)34/h17-24H,2-16H2,1H3. The molecule has 34 heavy (non-hydrogen) atoms. The second-order valence-electron chi connectivity index (χ2n) is 11.6. The highest BCUT2D eigenvalue weighted by Crippen LogP contribution is 2.44. The second-order valence-corrected chi connectivity index (χ2v) is 11.6. The number of halogens is 5. The smallest absolute Gasteiger partial charge is 0.206 e. The molecule has 3 aliphatic rings. The highest BCUT2D eigenvalue weighted by molar-refractivity contribution is 5.30. The van der Waals surface area contributed by atoms with Gasteiger partial charge in [0, 0.05) is 0 Å². The van der Waals surface area contributed by atoms with E-state index >= 15 is 0 Å². The molecule has 192 valence electrons. The lowest BCUT2D eigenvalue weighted by molar-refractivity contribution is -0.142. The molecule has 3 fully saturated rings. The van der Waals surface area contributed by atoms with Crippen molar-refractivity contribution in [2.75, 3.05) is 0 Å². The molecule has 0 spiro atoms. The summed E-state index contributed by atoms with van der Waals surface area (Å²) in [6.07, 6.45) is 13.8. The third kappa shape index (κ3) is 6.35. The summed E-state index contributed by atoms with van der Waals surface area (Å²) in [5.74, 6) is 1.37. The number of hydrogen-bond acceptors (Lipinski definition) is 0. The van der Waals surface area contributed by atoms with Crippen molar-refractivity contribution < 1.29 is 22.0 Å². The van der Waals surface area contributed by atoms with Crippen molar-refractivity contribution >= 4 is 0 Å². The topological polar surface area (TPSA) is 0 Å². The third-order valence-electron chi connectivity index (χ3n) is 9.68. The summed E-state index contributed by atoms with van der Waals surface area (Å²) >= 11 is 0.